The van der Waals surface area contributed by atoms with E-state index in [1.807, 2.05) is 30.3 Å². The fraction of sp³-hybridized carbons (Fsp3) is 0.235. The molecule has 2 aromatic rings. The van der Waals surface area contributed by atoms with Crippen LogP contribution in [-0.2, 0) is 4.79 Å². The van der Waals surface area contributed by atoms with Gasteiger partial charge in [-0.3, -0.25) is 10.0 Å². The number of hydrogen-bond donors (Lipinski definition) is 2. The summed E-state index contributed by atoms with van der Waals surface area (Å²) >= 11 is 0. The summed E-state index contributed by atoms with van der Waals surface area (Å²) < 4.78 is 35.1. The van der Waals surface area contributed by atoms with Crippen molar-refractivity contribution >= 4 is 5.91 Å². The number of carbonyl (C=O) groups excluding carboxylic acids is 1. The third-order valence-electron chi connectivity index (χ3n) is 4.43. The highest BCUT2D eigenvalue weighted by atomic mass is 19.3. The summed E-state index contributed by atoms with van der Waals surface area (Å²) in [5.41, 5.74) is 3.30. The molecule has 1 heterocycles. The zero-order valence-electron chi connectivity index (χ0n) is 12.3. The van der Waals surface area contributed by atoms with Crippen molar-refractivity contribution < 1.29 is 28.3 Å². The molecule has 1 amide bonds. The predicted octanol–water partition coefficient (Wildman–Crippen LogP) is 3.01. The predicted molar refractivity (Wildman–Crippen MR) is 78.0 cm³/mol. The van der Waals surface area contributed by atoms with Crippen LogP contribution in [0.3, 0.4) is 0 Å². The Morgan fingerprint density at radius 1 is 1.00 bits per heavy atom. The second-order valence-electron chi connectivity index (χ2n) is 5.84. The van der Waals surface area contributed by atoms with Crippen molar-refractivity contribution in [1.82, 2.24) is 5.48 Å². The van der Waals surface area contributed by atoms with Crippen LogP contribution >= 0.6 is 0 Å². The van der Waals surface area contributed by atoms with Crippen LogP contribution in [0.4, 0.5) is 8.78 Å². The van der Waals surface area contributed by atoms with E-state index in [1.165, 1.54) is 12.1 Å². The molecule has 24 heavy (non-hydrogen) atoms. The Hall–Kier alpha value is -2.67. The van der Waals surface area contributed by atoms with E-state index in [4.69, 9.17) is 5.21 Å². The maximum absolute atomic E-state index is 13.1. The van der Waals surface area contributed by atoms with Gasteiger partial charge in [-0.25, -0.2) is 5.48 Å². The van der Waals surface area contributed by atoms with Crippen LogP contribution in [0.2, 0.25) is 0 Å². The molecular formula is C17H13F2NO4. The summed E-state index contributed by atoms with van der Waals surface area (Å²) in [4.78, 5) is 11.9. The molecule has 0 radical (unpaired) electrons. The van der Waals surface area contributed by atoms with Crippen LogP contribution < -0.4 is 15.0 Å². The molecule has 4 rings (SSSR count). The minimum Gasteiger partial charge on any atom is -0.395 e. The molecule has 3 atom stereocenters. The lowest BCUT2D eigenvalue weighted by Gasteiger charge is -2.04. The number of benzene rings is 2. The fourth-order valence-corrected chi connectivity index (χ4v) is 3.39. The Morgan fingerprint density at radius 3 is 2.38 bits per heavy atom. The average molecular weight is 333 g/mol. The monoisotopic (exact) mass is 333 g/mol. The highest BCUT2D eigenvalue weighted by Gasteiger charge is 2.56. The van der Waals surface area contributed by atoms with E-state index in [-0.39, 0.29) is 23.3 Å². The van der Waals surface area contributed by atoms with Crippen molar-refractivity contribution in [3.63, 3.8) is 0 Å². The van der Waals surface area contributed by atoms with Gasteiger partial charge in [-0.15, -0.1) is 8.78 Å². The lowest BCUT2D eigenvalue weighted by atomic mass is 10.0. The van der Waals surface area contributed by atoms with Crippen molar-refractivity contribution in [2.45, 2.75) is 18.1 Å². The third-order valence-corrected chi connectivity index (χ3v) is 4.43. The number of halogens is 2. The number of alkyl halides is 2. The van der Waals surface area contributed by atoms with Gasteiger partial charge in [0.15, 0.2) is 11.5 Å². The molecule has 2 N–H and O–H groups in total. The number of ether oxygens (including phenoxy) is 2. The molecule has 5 nitrogen and oxygen atoms in total. The van der Waals surface area contributed by atoms with Gasteiger partial charge in [0.1, 0.15) is 0 Å². The third kappa shape index (κ3) is 2.37. The lowest BCUT2D eigenvalue weighted by molar-refractivity contribution is -0.286. The van der Waals surface area contributed by atoms with Gasteiger partial charge < -0.3 is 9.47 Å². The van der Waals surface area contributed by atoms with Crippen molar-refractivity contribution in [1.29, 1.82) is 0 Å². The van der Waals surface area contributed by atoms with Crippen LogP contribution in [0.25, 0.3) is 0 Å². The van der Waals surface area contributed by atoms with Crippen molar-refractivity contribution in [3.8, 4) is 11.5 Å². The van der Waals surface area contributed by atoms with Crippen LogP contribution in [0.1, 0.15) is 23.0 Å². The maximum atomic E-state index is 13.1. The van der Waals surface area contributed by atoms with Gasteiger partial charge in [0.05, 0.1) is 5.92 Å². The molecule has 1 fully saturated rings. The van der Waals surface area contributed by atoms with E-state index < -0.39 is 18.1 Å². The van der Waals surface area contributed by atoms with Gasteiger partial charge in [-0.2, -0.15) is 0 Å². The van der Waals surface area contributed by atoms with E-state index in [1.54, 1.807) is 11.5 Å². The highest BCUT2D eigenvalue weighted by molar-refractivity contribution is 5.84. The molecule has 1 aliphatic heterocycles. The van der Waals surface area contributed by atoms with Crippen LogP contribution in [0, 0.1) is 5.92 Å². The molecule has 0 aromatic heterocycles. The number of rotatable bonds is 3. The summed E-state index contributed by atoms with van der Waals surface area (Å²) in [7, 11) is 0. The largest absolute Gasteiger partial charge is 0.586 e. The molecule has 1 saturated carbocycles. The molecule has 1 aliphatic carbocycles. The number of hydroxylamine groups is 1. The van der Waals surface area contributed by atoms with E-state index >= 15 is 0 Å². The number of hydrogen-bond acceptors (Lipinski definition) is 4. The second-order valence-corrected chi connectivity index (χ2v) is 5.84. The Balaban J connectivity index is 1.67. The summed E-state index contributed by atoms with van der Waals surface area (Å²) in [5.74, 6) is -1.44. The number of nitrogens with one attached hydrogen (secondary N) is 1. The van der Waals surface area contributed by atoms with Gasteiger partial charge in [-0.05, 0) is 23.3 Å². The average Bonchev–Trinajstić information content (AvgIpc) is 3.23. The summed E-state index contributed by atoms with van der Waals surface area (Å²) in [5, 5.41) is 8.95. The SMILES string of the molecule is O=C(NO)[C@@H]1[C@H](c2ccccc2)[C@H]1c1ccc2c(c1)OC(F)(F)O2. The minimum atomic E-state index is -3.68. The molecular weight excluding hydrogens is 320 g/mol. The molecule has 124 valence electrons. The summed E-state index contributed by atoms with van der Waals surface area (Å²) in [6.07, 6.45) is -3.68. The first-order valence-electron chi connectivity index (χ1n) is 7.39. The first-order valence-corrected chi connectivity index (χ1v) is 7.39. The van der Waals surface area contributed by atoms with Gasteiger partial charge in [0, 0.05) is 11.8 Å². The van der Waals surface area contributed by atoms with Crippen molar-refractivity contribution in [2.75, 3.05) is 0 Å². The van der Waals surface area contributed by atoms with E-state index in [2.05, 4.69) is 9.47 Å². The molecule has 2 aromatic carbocycles. The minimum absolute atomic E-state index is 0.0381. The Labute approximate surface area is 135 Å². The standard InChI is InChI=1S/C17H13F2NO4/c18-17(19)23-11-7-6-10(8-12(11)24-17)14-13(15(14)16(21)20-22)9-4-2-1-3-5-9/h1-8,13-15,22H,(H,20,21)/t13-,14-,15-/m1/s1. The summed E-state index contributed by atoms with van der Waals surface area (Å²) in [6.45, 7) is 0. The first kappa shape index (κ1) is 14.9. The van der Waals surface area contributed by atoms with Gasteiger partial charge in [-0.1, -0.05) is 36.4 Å². The van der Waals surface area contributed by atoms with Crippen LogP contribution in [-0.4, -0.2) is 17.4 Å². The zero-order chi connectivity index (χ0) is 16.9. The Kier molecular flexibility index (Phi) is 3.21. The molecule has 2 aliphatic rings. The van der Waals surface area contributed by atoms with E-state index in [0.29, 0.717) is 5.56 Å². The lowest BCUT2D eigenvalue weighted by Crippen LogP contribution is -2.25. The van der Waals surface area contributed by atoms with Crippen molar-refractivity contribution in [2.24, 2.45) is 5.92 Å². The van der Waals surface area contributed by atoms with E-state index in [9.17, 15) is 13.6 Å². The first-order chi connectivity index (χ1) is 11.5. The summed E-state index contributed by atoms with van der Waals surface area (Å²) in [6, 6.07) is 13.9. The Morgan fingerprint density at radius 2 is 1.67 bits per heavy atom. The van der Waals surface area contributed by atoms with E-state index in [0.717, 1.165) is 5.56 Å². The molecule has 0 unspecified atom stereocenters. The van der Waals surface area contributed by atoms with Gasteiger partial charge in [0.2, 0.25) is 5.91 Å². The molecule has 7 heteroatoms. The number of fused-ring (bicyclic) bond motifs is 1. The quantitative estimate of drug-likeness (QED) is 0.669. The molecule has 0 spiro atoms. The smallest absolute Gasteiger partial charge is 0.395 e. The van der Waals surface area contributed by atoms with Gasteiger partial charge >= 0.3 is 6.29 Å². The Bertz CT molecular complexity index is 796. The van der Waals surface area contributed by atoms with Crippen molar-refractivity contribution in [3.05, 3.63) is 59.7 Å². The topological polar surface area (TPSA) is 67.8 Å². The fourth-order valence-electron chi connectivity index (χ4n) is 3.39. The second kappa shape index (κ2) is 5.17. The normalized spacial score (nSPS) is 26.0. The van der Waals surface area contributed by atoms with Crippen LogP contribution in [0.5, 0.6) is 11.5 Å². The van der Waals surface area contributed by atoms with Gasteiger partial charge in [0.25, 0.3) is 0 Å². The van der Waals surface area contributed by atoms with Crippen LogP contribution in [0.15, 0.2) is 48.5 Å². The molecule has 0 saturated heterocycles. The maximum Gasteiger partial charge on any atom is 0.586 e. The number of amides is 1. The highest BCUT2D eigenvalue weighted by Crippen LogP contribution is 2.61. The number of carbonyl (C=O) groups is 1. The zero-order valence-corrected chi connectivity index (χ0v) is 12.3. The molecule has 0 bridgehead atoms.